The molecule has 30 heavy (non-hydrogen) atoms. The van der Waals surface area contributed by atoms with Crippen LogP contribution in [0.25, 0.3) is 0 Å². The van der Waals surface area contributed by atoms with E-state index in [1.54, 1.807) is 0 Å². The lowest BCUT2D eigenvalue weighted by molar-refractivity contribution is -0.122. The van der Waals surface area contributed by atoms with Crippen molar-refractivity contribution in [2.24, 2.45) is 0 Å². The van der Waals surface area contributed by atoms with Crippen LogP contribution < -0.4 is 19.7 Å². The molecule has 0 unspecified atom stereocenters. The fourth-order valence-corrected chi connectivity index (χ4v) is 3.53. The minimum atomic E-state index is 0.0669. The van der Waals surface area contributed by atoms with Gasteiger partial charge in [0.15, 0.2) is 11.5 Å². The highest BCUT2D eigenvalue weighted by Crippen LogP contribution is 2.28. The van der Waals surface area contributed by atoms with Gasteiger partial charge in [0, 0.05) is 38.9 Å². The lowest BCUT2D eigenvalue weighted by Gasteiger charge is -2.34. The summed E-state index contributed by atoms with van der Waals surface area (Å²) in [6.45, 7) is 9.64. The molecule has 0 radical (unpaired) electrons. The number of ether oxygens (including phenoxy) is 2. The van der Waals surface area contributed by atoms with Gasteiger partial charge in [-0.3, -0.25) is 9.69 Å². The number of hydrogen-bond donors (Lipinski definition) is 1. The molecule has 1 N–H and O–H groups in total. The van der Waals surface area contributed by atoms with Crippen molar-refractivity contribution in [2.75, 3.05) is 57.4 Å². The van der Waals surface area contributed by atoms with Gasteiger partial charge in [0.25, 0.3) is 0 Å². The summed E-state index contributed by atoms with van der Waals surface area (Å²) >= 11 is 0. The first-order valence-electron chi connectivity index (χ1n) is 10.7. The summed E-state index contributed by atoms with van der Waals surface area (Å²) in [5, 5.41) is 3.03. The molecule has 0 aliphatic carbocycles. The van der Waals surface area contributed by atoms with E-state index in [2.05, 4.69) is 20.1 Å². The number of aromatic nitrogens is 1. The standard InChI is InChI=1S/C23H32N4O3/c1-3-29-20-9-8-19(17-21(20)30-4-2)10-12-25-23(28)18-26-13-15-27(16-14-26)22-7-5-6-11-24-22/h5-9,11,17H,3-4,10,12-16,18H2,1-2H3,(H,25,28). The summed E-state index contributed by atoms with van der Waals surface area (Å²) in [5.41, 5.74) is 1.12. The van der Waals surface area contributed by atoms with Crippen LogP contribution in [0, 0.1) is 0 Å². The highest BCUT2D eigenvalue weighted by atomic mass is 16.5. The Morgan fingerprint density at radius 2 is 1.80 bits per heavy atom. The molecule has 1 aliphatic heterocycles. The van der Waals surface area contributed by atoms with E-state index in [0.29, 0.717) is 26.3 Å². The summed E-state index contributed by atoms with van der Waals surface area (Å²) in [4.78, 5) is 21.2. The Bertz CT molecular complexity index is 792. The van der Waals surface area contributed by atoms with Gasteiger partial charge in [-0.1, -0.05) is 12.1 Å². The van der Waals surface area contributed by atoms with Crippen molar-refractivity contribution in [3.8, 4) is 11.5 Å². The molecule has 0 atom stereocenters. The number of piperazine rings is 1. The molecular formula is C23H32N4O3. The molecule has 0 bridgehead atoms. The first-order chi connectivity index (χ1) is 14.7. The predicted octanol–water partition coefficient (Wildman–Crippen LogP) is 2.36. The molecule has 162 valence electrons. The van der Waals surface area contributed by atoms with Gasteiger partial charge in [-0.2, -0.15) is 0 Å². The predicted molar refractivity (Wildman–Crippen MR) is 118 cm³/mol. The van der Waals surface area contributed by atoms with Crippen LogP contribution in [0.2, 0.25) is 0 Å². The normalized spacial score (nSPS) is 14.4. The van der Waals surface area contributed by atoms with Gasteiger partial charge in [-0.05, 0) is 50.1 Å². The van der Waals surface area contributed by atoms with E-state index in [9.17, 15) is 4.79 Å². The minimum absolute atomic E-state index is 0.0669. The van der Waals surface area contributed by atoms with Gasteiger partial charge in [0.05, 0.1) is 19.8 Å². The Morgan fingerprint density at radius 1 is 1.03 bits per heavy atom. The van der Waals surface area contributed by atoms with Crippen molar-refractivity contribution in [1.29, 1.82) is 0 Å². The van der Waals surface area contributed by atoms with Gasteiger partial charge in [-0.25, -0.2) is 4.98 Å². The van der Waals surface area contributed by atoms with Crippen molar-refractivity contribution in [3.05, 3.63) is 48.2 Å². The Hall–Kier alpha value is -2.80. The van der Waals surface area contributed by atoms with Crippen molar-refractivity contribution < 1.29 is 14.3 Å². The van der Waals surface area contributed by atoms with Crippen LogP contribution in [0.15, 0.2) is 42.6 Å². The second-order valence-corrected chi connectivity index (χ2v) is 7.20. The lowest BCUT2D eigenvalue weighted by atomic mass is 10.1. The van der Waals surface area contributed by atoms with Crippen LogP contribution in [0.1, 0.15) is 19.4 Å². The number of rotatable bonds is 10. The number of nitrogens with zero attached hydrogens (tertiary/aromatic N) is 3. The van der Waals surface area contributed by atoms with E-state index in [1.807, 2.05) is 56.4 Å². The molecule has 1 amide bonds. The van der Waals surface area contributed by atoms with Gasteiger partial charge in [-0.15, -0.1) is 0 Å². The van der Waals surface area contributed by atoms with E-state index in [4.69, 9.17) is 9.47 Å². The van der Waals surface area contributed by atoms with E-state index in [1.165, 1.54) is 0 Å². The second-order valence-electron chi connectivity index (χ2n) is 7.20. The summed E-state index contributed by atoms with van der Waals surface area (Å²) < 4.78 is 11.3. The number of carbonyl (C=O) groups excluding carboxylic acids is 1. The van der Waals surface area contributed by atoms with Crippen LogP contribution in [-0.4, -0.2) is 68.3 Å². The second kappa shape index (κ2) is 11.4. The van der Waals surface area contributed by atoms with Gasteiger partial charge < -0.3 is 19.7 Å². The zero-order chi connectivity index (χ0) is 21.2. The zero-order valence-corrected chi connectivity index (χ0v) is 18.0. The molecule has 1 fully saturated rings. The maximum atomic E-state index is 12.3. The highest BCUT2D eigenvalue weighted by Gasteiger charge is 2.19. The third-order valence-corrected chi connectivity index (χ3v) is 5.06. The average molecular weight is 413 g/mol. The van der Waals surface area contributed by atoms with Crippen LogP contribution in [0.4, 0.5) is 5.82 Å². The number of pyridine rings is 1. The molecule has 1 aromatic heterocycles. The Balaban J connectivity index is 1.39. The van der Waals surface area contributed by atoms with E-state index >= 15 is 0 Å². The fourth-order valence-electron chi connectivity index (χ4n) is 3.53. The third kappa shape index (κ3) is 6.35. The number of amides is 1. The number of anilines is 1. The third-order valence-electron chi connectivity index (χ3n) is 5.06. The van der Waals surface area contributed by atoms with Crippen molar-refractivity contribution in [3.63, 3.8) is 0 Å². The summed E-state index contributed by atoms with van der Waals surface area (Å²) in [7, 11) is 0. The maximum absolute atomic E-state index is 12.3. The largest absolute Gasteiger partial charge is 0.490 e. The minimum Gasteiger partial charge on any atom is -0.490 e. The molecule has 7 nitrogen and oxygen atoms in total. The monoisotopic (exact) mass is 412 g/mol. The van der Waals surface area contributed by atoms with Crippen molar-refractivity contribution in [2.45, 2.75) is 20.3 Å². The van der Waals surface area contributed by atoms with Gasteiger partial charge in [0.2, 0.25) is 5.91 Å². The number of carbonyl (C=O) groups is 1. The Morgan fingerprint density at radius 3 is 2.50 bits per heavy atom. The van der Waals surface area contributed by atoms with Crippen molar-refractivity contribution in [1.82, 2.24) is 15.2 Å². The first-order valence-corrected chi connectivity index (χ1v) is 10.7. The molecule has 1 saturated heterocycles. The lowest BCUT2D eigenvalue weighted by Crippen LogP contribution is -2.49. The average Bonchev–Trinajstić information content (AvgIpc) is 2.77. The van der Waals surface area contributed by atoms with E-state index < -0.39 is 0 Å². The van der Waals surface area contributed by atoms with Crippen LogP contribution >= 0.6 is 0 Å². The fraction of sp³-hybridized carbons (Fsp3) is 0.478. The first kappa shape index (κ1) is 21.9. The maximum Gasteiger partial charge on any atom is 0.234 e. The molecule has 0 saturated carbocycles. The number of nitrogens with one attached hydrogen (secondary N) is 1. The molecular weight excluding hydrogens is 380 g/mol. The van der Waals surface area contributed by atoms with Crippen LogP contribution in [-0.2, 0) is 11.2 Å². The molecule has 1 aliphatic rings. The van der Waals surface area contributed by atoms with E-state index in [-0.39, 0.29) is 5.91 Å². The summed E-state index contributed by atoms with van der Waals surface area (Å²) in [6.07, 6.45) is 2.57. The molecule has 2 aromatic rings. The SMILES string of the molecule is CCOc1ccc(CCNC(=O)CN2CCN(c3ccccn3)CC2)cc1OCC. The molecule has 3 rings (SSSR count). The summed E-state index contributed by atoms with van der Waals surface area (Å²) in [5.74, 6) is 2.59. The number of benzene rings is 1. The van der Waals surface area contributed by atoms with Crippen LogP contribution in [0.3, 0.4) is 0 Å². The zero-order valence-electron chi connectivity index (χ0n) is 18.0. The topological polar surface area (TPSA) is 66.9 Å². The molecule has 7 heteroatoms. The van der Waals surface area contributed by atoms with Crippen molar-refractivity contribution >= 4 is 11.7 Å². The molecule has 2 heterocycles. The smallest absolute Gasteiger partial charge is 0.234 e. The quantitative estimate of drug-likeness (QED) is 0.646. The molecule has 1 aromatic carbocycles. The highest BCUT2D eigenvalue weighted by molar-refractivity contribution is 5.78. The van der Waals surface area contributed by atoms with Crippen LogP contribution in [0.5, 0.6) is 11.5 Å². The van der Waals surface area contributed by atoms with E-state index in [0.717, 1.165) is 55.5 Å². The summed E-state index contributed by atoms with van der Waals surface area (Å²) in [6, 6.07) is 11.9. The molecule has 0 spiro atoms. The Kier molecular flexibility index (Phi) is 8.32. The Labute approximate surface area is 179 Å². The number of hydrogen-bond acceptors (Lipinski definition) is 6. The van der Waals surface area contributed by atoms with Gasteiger partial charge >= 0.3 is 0 Å². The van der Waals surface area contributed by atoms with Gasteiger partial charge in [0.1, 0.15) is 5.82 Å².